The minimum atomic E-state index is -0.356. The number of nitriles is 1. The van der Waals surface area contributed by atoms with E-state index in [1.54, 1.807) is 6.07 Å². The van der Waals surface area contributed by atoms with Crippen molar-refractivity contribution < 1.29 is 4.79 Å². The lowest BCUT2D eigenvalue weighted by atomic mass is 9.95. The summed E-state index contributed by atoms with van der Waals surface area (Å²) in [5.41, 5.74) is 0.903. The highest BCUT2D eigenvalue weighted by Crippen LogP contribution is 2.22. The minimum Gasteiger partial charge on any atom is -0.293 e. The van der Waals surface area contributed by atoms with E-state index in [1.807, 2.05) is 41.8 Å². The number of hydrogen-bond acceptors (Lipinski definition) is 3. The van der Waals surface area contributed by atoms with Crippen LogP contribution in [0.3, 0.4) is 0 Å². The van der Waals surface area contributed by atoms with E-state index >= 15 is 0 Å². The van der Waals surface area contributed by atoms with E-state index in [4.69, 9.17) is 5.26 Å². The van der Waals surface area contributed by atoms with Gasteiger partial charge in [-0.05, 0) is 17.0 Å². The number of carbonyl (C=O) groups excluding carboxylic acids is 1. The Morgan fingerprint density at radius 1 is 1.24 bits per heavy atom. The molecule has 0 bridgehead atoms. The summed E-state index contributed by atoms with van der Waals surface area (Å²) >= 11 is 1.42. The smallest absolute Gasteiger partial charge is 0.174 e. The normalized spacial score (nSPS) is 11.7. The van der Waals surface area contributed by atoms with Crippen LogP contribution in [0.25, 0.3) is 0 Å². The Labute approximate surface area is 104 Å². The third kappa shape index (κ3) is 2.80. The van der Waals surface area contributed by atoms with Gasteiger partial charge < -0.3 is 0 Å². The van der Waals surface area contributed by atoms with Gasteiger partial charge in [0.25, 0.3) is 0 Å². The van der Waals surface area contributed by atoms with Gasteiger partial charge in [0, 0.05) is 6.42 Å². The number of Topliss-reactive ketones (excluding diaryl/α,β-unsaturated/α-hetero) is 1. The molecule has 0 fully saturated rings. The summed E-state index contributed by atoms with van der Waals surface area (Å²) < 4.78 is 0. The lowest BCUT2D eigenvalue weighted by Gasteiger charge is -2.07. The zero-order valence-corrected chi connectivity index (χ0v) is 9.98. The largest absolute Gasteiger partial charge is 0.293 e. The summed E-state index contributed by atoms with van der Waals surface area (Å²) in [5, 5.41) is 11.0. The second-order valence-electron chi connectivity index (χ2n) is 3.70. The van der Waals surface area contributed by atoms with Crippen LogP contribution in [0.2, 0.25) is 0 Å². The van der Waals surface area contributed by atoms with Gasteiger partial charge in [-0.2, -0.15) is 5.26 Å². The van der Waals surface area contributed by atoms with Crippen LogP contribution in [-0.4, -0.2) is 5.78 Å². The van der Waals surface area contributed by atoms with Crippen LogP contribution >= 0.6 is 11.3 Å². The average molecular weight is 241 g/mol. The first-order valence-corrected chi connectivity index (χ1v) is 6.20. The third-order valence-corrected chi connectivity index (χ3v) is 3.45. The summed E-state index contributed by atoms with van der Waals surface area (Å²) in [6.45, 7) is 0. The predicted octanol–water partition coefficient (Wildman–Crippen LogP) is 3.63. The molecule has 3 heteroatoms. The van der Waals surface area contributed by atoms with Crippen LogP contribution in [0.1, 0.15) is 27.6 Å². The Bertz CT molecular complexity index is 525. The zero-order chi connectivity index (χ0) is 12.1. The molecule has 2 aromatic rings. The van der Waals surface area contributed by atoms with Gasteiger partial charge in [-0.1, -0.05) is 36.4 Å². The number of ketones is 1. The quantitative estimate of drug-likeness (QED) is 0.767. The van der Waals surface area contributed by atoms with Gasteiger partial charge in [-0.3, -0.25) is 4.79 Å². The van der Waals surface area contributed by atoms with Crippen molar-refractivity contribution in [1.82, 2.24) is 0 Å². The summed E-state index contributed by atoms with van der Waals surface area (Å²) in [4.78, 5) is 12.6. The number of nitrogens with zero attached hydrogens (tertiary/aromatic N) is 1. The molecule has 0 aliphatic rings. The second kappa shape index (κ2) is 5.42. The summed E-state index contributed by atoms with van der Waals surface area (Å²) in [5.74, 6) is -0.318. The maximum absolute atomic E-state index is 11.9. The topological polar surface area (TPSA) is 40.9 Å². The van der Waals surface area contributed by atoms with Gasteiger partial charge in [0.1, 0.15) is 0 Å². The standard InChI is InChI=1S/C14H11NOS/c15-10-12(11-5-2-1-3-6-11)9-13(16)14-7-4-8-17-14/h1-8,12H,9H2/t12-/m1/s1. The lowest BCUT2D eigenvalue weighted by Crippen LogP contribution is -2.04. The molecule has 1 aromatic carbocycles. The molecule has 0 aliphatic carbocycles. The third-order valence-electron chi connectivity index (χ3n) is 2.54. The molecule has 0 saturated heterocycles. The Hall–Kier alpha value is -1.92. The van der Waals surface area contributed by atoms with E-state index in [1.165, 1.54) is 11.3 Å². The number of benzene rings is 1. The van der Waals surface area contributed by atoms with E-state index in [2.05, 4.69) is 6.07 Å². The van der Waals surface area contributed by atoms with Crippen LogP contribution in [0.4, 0.5) is 0 Å². The molecule has 1 heterocycles. The monoisotopic (exact) mass is 241 g/mol. The fraction of sp³-hybridized carbons (Fsp3) is 0.143. The van der Waals surface area contributed by atoms with Crippen molar-refractivity contribution >= 4 is 17.1 Å². The van der Waals surface area contributed by atoms with Crippen molar-refractivity contribution in [3.8, 4) is 6.07 Å². The van der Waals surface area contributed by atoms with Crippen LogP contribution in [0, 0.1) is 11.3 Å². The molecular formula is C14H11NOS. The van der Waals surface area contributed by atoms with Gasteiger partial charge in [-0.15, -0.1) is 11.3 Å². The SMILES string of the molecule is N#C[C@@H](CC(=O)c1cccs1)c1ccccc1. The Morgan fingerprint density at radius 2 is 2.00 bits per heavy atom. The average Bonchev–Trinajstić information content (AvgIpc) is 2.90. The fourth-order valence-corrected chi connectivity index (χ4v) is 2.32. The van der Waals surface area contributed by atoms with Crippen molar-refractivity contribution in [2.24, 2.45) is 0 Å². The van der Waals surface area contributed by atoms with Gasteiger partial charge in [-0.25, -0.2) is 0 Å². The van der Waals surface area contributed by atoms with Crippen LogP contribution < -0.4 is 0 Å². The molecule has 17 heavy (non-hydrogen) atoms. The number of hydrogen-bond donors (Lipinski definition) is 0. The Morgan fingerprint density at radius 3 is 2.59 bits per heavy atom. The molecule has 2 nitrogen and oxygen atoms in total. The van der Waals surface area contributed by atoms with Crippen LogP contribution in [0.15, 0.2) is 47.8 Å². The van der Waals surface area contributed by atoms with Crippen molar-refractivity contribution in [3.63, 3.8) is 0 Å². The lowest BCUT2D eigenvalue weighted by molar-refractivity contribution is 0.0983. The highest BCUT2D eigenvalue weighted by atomic mass is 32.1. The molecule has 1 aromatic heterocycles. The van der Waals surface area contributed by atoms with E-state index in [-0.39, 0.29) is 18.1 Å². The molecule has 1 atom stereocenters. The maximum Gasteiger partial charge on any atom is 0.174 e. The molecule has 0 saturated carbocycles. The van der Waals surface area contributed by atoms with Crippen LogP contribution in [-0.2, 0) is 0 Å². The number of carbonyl (C=O) groups is 1. The van der Waals surface area contributed by atoms with Gasteiger partial charge >= 0.3 is 0 Å². The Kier molecular flexibility index (Phi) is 3.69. The van der Waals surface area contributed by atoms with Gasteiger partial charge in [0.2, 0.25) is 0 Å². The number of rotatable bonds is 4. The summed E-state index contributed by atoms with van der Waals surface area (Å²) in [6.07, 6.45) is 0.251. The van der Waals surface area contributed by atoms with E-state index in [0.29, 0.717) is 0 Å². The molecule has 0 aliphatic heterocycles. The van der Waals surface area contributed by atoms with Gasteiger partial charge in [0.15, 0.2) is 5.78 Å². The van der Waals surface area contributed by atoms with Crippen molar-refractivity contribution in [2.75, 3.05) is 0 Å². The Balaban J connectivity index is 2.12. The predicted molar refractivity (Wildman–Crippen MR) is 68.1 cm³/mol. The first kappa shape index (κ1) is 11.6. The summed E-state index contributed by atoms with van der Waals surface area (Å²) in [6, 6.07) is 15.3. The molecule has 0 amide bonds. The first-order valence-electron chi connectivity index (χ1n) is 5.32. The highest BCUT2D eigenvalue weighted by Gasteiger charge is 2.16. The maximum atomic E-state index is 11.9. The minimum absolute atomic E-state index is 0.0374. The molecule has 0 radical (unpaired) electrons. The molecule has 0 unspecified atom stereocenters. The molecule has 0 N–H and O–H groups in total. The van der Waals surface area contributed by atoms with Gasteiger partial charge in [0.05, 0.1) is 16.9 Å². The molecule has 84 valence electrons. The zero-order valence-electron chi connectivity index (χ0n) is 9.17. The van der Waals surface area contributed by atoms with E-state index < -0.39 is 0 Å². The van der Waals surface area contributed by atoms with Crippen molar-refractivity contribution in [1.29, 1.82) is 5.26 Å². The van der Waals surface area contributed by atoms with E-state index in [0.717, 1.165) is 10.4 Å². The molecular weight excluding hydrogens is 230 g/mol. The van der Waals surface area contributed by atoms with E-state index in [9.17, 15) is 4.79 Å². The van der Waals surface area contributed by atoms with Crippen LogP contribution in [0.5, 0.6) is 0 Å². The first-order chi connectivity index (χ1) is 8.31. The number of thiophene rings is 1. The van der Waals surface area contributed by atoms with Crippen molar-refractivity contribution in [3.05, 3.63) is 58.3 Å². The second-order valence-corrected chi connectivity index (χ2v) is 4.64. The molecule has 2 rings (SSSR count). The molecule has 0 spiro atoms. The van der Waals surface area contributed by atoms with Crippen molar-refractivity contribution in [2.45, 2.75) is 12.3 Å². The highest BCUT2D eigenvalue weighted by molar-refractivity contribution is 7.12. The fourth-order valence-electron chi connectivity index (χ4n) is 1.65. The summed E-state index contributed by atoms with van der Waals surface area (Å²) in [7, 11) is 0.